The molecule has 1 radical (unpaired) electrons. The lowest BCUT2D eigenvalue weighted by Gasteiger charge is -1.92. The van der Waals surface area contributed by atoms with Crippen LogP contribution in [-0.4, -0.2) is 13.2 Å². The van der Waals surface area contributed by atoms with E-state index < -0.39 is 6.61 Å². The summed E-state index contributed by atoms with van der Waals surface area (Å²) in [5.74, 6) is 0. The highest BCUT2D eigenvalue weighted by atomic mass is 19.3. The van der Waals surface area contributed by atoms with Gasteiger partial charge in [-0.3, -0.25) is 0 Å². The van der Waals surface area contributed by atoms with Crippen molar-refractivity contribution >= 4 is 0 Å². The maximum absolute atomic E-state index is 10.8. The molecule has 0 atom stereocenters. The summed E-state index contributed by atoms with van der Waals surface area (Å²) in [6.07, 6.45) is 0. The molecule has 0 aliphatic rings. The van der Waals surface area contributed by atoms with Gasteiger partial charge in [0.2, 0.25) is 0 Å². The van der Waals surface area contributed by atoms with Crippen molar-refractivity contribution in [2.45, 2.75) is 6.61 Å². The summed E-state index contributed by atoms with van der Waals surface area (Å²) in [7, 11) is 0. The van der Waals surface area contributed by atoms with Crippen molar-refractivity contribution in [2.75, 3.05) is 6.61 Å². The standard InChI is InChI=1S/C3H5F2O/c1-2-6-3(4)5/h3H,1-2H2. The minimum Gasteiger partial charge on any atom is -0.323 e. The van der Waals surface area contributed by atoms with Gasteiger partial charge in [0.05, 0.1) is 6.61 Å². The summed E-state index contributed by atoms with van der Waals surface area (Å²) in [5, 5.41) is 0. The van der Waals surface area contributed by atoms with Crippen molar-refractivity contribution in [3.05, 3.63) is 6.92 Å². The molecule has 0 aliphatic carbocycles. The fraction of sp³-hybridized carbons (Fsp3) is 0.667. The van der Waals surface area contributed by atoms with Crippen molar-refractivity contribution in [3.8, 4) is 0 Å². The van der Waals surface area contributed by atoms with Gasteiger partial charge in [0, 0.05) is 0 Å². The summed E-state index contributed by atoms with van der Waals surface area (Å²) < 4.78 is 25.1. The third-order valence-electron chi connectivity index (χ3n) is 0.244. The lowest BCUT2D eigenvalue weighted by Crippen LogP contribution is -1.96. The molecular formula is C3H5F2O. The third kappa shape index (κ3) is 3.82. The molecule has 37 valence electrons. The maximum Gasteiger partial charge on any atom is 0.345 e. The molecule has 0 bridgehead atoms. The smallest absolute Gasteiger partial charge is 0.323 e. The Kier molecular flexibility index (Phi) is 2.94. The Labute approximate surface area is 34.9 Å². The Balaban J connectivity index is 2.63. The first kappa shape index (κ1) is 5.82. The van der Waals surface area contributed by atoms with Crippen LogP contribution < -0.4 is 0 Å². The molecule has 0 saturated carbocycles. The number of halogens is 2. The van der Waals surface area contributed by atoms with Crippen molar-refractivity contribution in [1.82, 2.24) is 0 Å². The molecule has 0 N–H and O–H groups in total. The van der Waals surface area contributed by atoms with Crippen LogP contribution in [0.2, 0.25) is 0 Å². The second-order valence-electron chi connectivity index (χ2n) is 0.631. The average Bonchev–Trinajstić information content (AvgIpc) is 1.35. The van der Waals surface area contributed by atoms with Crippen LogP contribution in [0.15, 0.2) is 0 Å². The summed E-state index contributed by atoms with van der Waals surface area (Å²) >= 11 is 0. The number of rotatable bonds is 2. The minimum atomic E-state index is -2.66. The SMILES string of the molecule is [CH2]COC(F)F. The summed E-state index contributed by atoms with van der Waals surface area (Å²) in [4.78, 5) is 0. The zero-order valence-corrected chi connectivity index (χ0v) is 3.16. The highest BCUT2D eigenvalue weighted by molar-refractivity contribution is 4.25. The molecule has 1 nitrogen and oxygen atoms in total. The van der Waals surface area contributed by atoms with Gasteiger partial charge in [-0.05, 0) is 6.92 Å². The largest absolute Gasteiger partial charge is 0.345 e. The highest BCUT2D eigenvalue weighted by Gasteiger charge is 1.94. The van der Waals surface area contributed by atoms with Gasteiger partial charge >= 0.3 is 6.61 Å². The Hall–Kier alpha value is -0.180. The number of hydrogen-bond donors (Lipinski definition) is 0. The molecule has 0 aromatic carbocycles. The second-order valence-corrected chi connectivity index (χ2v) is 0.631. The van der Waals surface area contributed by atoms with Crippen LogP contribution in [0, 0.1) is 6.92 Å². The molecule has 0 rings (SSSR count). The highest BCUT2D eigenvalue weighted by Crippen LogP contribution is 1.90. The maximum atomic E-state index is 10.8. The van der Waals surface area contributed by atoms with Crippen molar-refractivity contribution < 1.29 is 13.5 Å². The van der Waals surface area contributed by atoms with E-state index in [2.05, 4.69) is 11.7 Å². The molecule has 0 saturated heterocycles. The second kappa shape index (κ2) is 3.03. The van der Waals surface area contributed by atoms with Crippen molar-refractivity contribution in [3.63, 3.8) is 0 Å². The summed E-state index contributed by atoms with van der Waals surface area (Å²) in [5.41, 5.74) is 0. The summed E-state index contributed by atoms with van der Waals surface area (Å²) in [6, 6.07) is 0. The quantitative estimate of drug-likeness (QED) is 0.498. The van der Waals surface area contributed by atoms with Gasteiger partial charge in [-0.25, -0.2) is 0 Å². The van der Waals surface area contributed by atoms with Crippen LogP contribution in [0.4, 0.5) is 8.78 Å². The fourth-order valence-corrected chi connectivity index (χ4v) is 0.0891. The predicted molar refractivity (Wildman–Crippen MR) is 17.3 cm³/mol. The first-order valence-electron chi connectivity index (χ1n) is 1.46. The van der Waals surface area contributed by atoms with Gasteiger partial charge < -0.3 is 4.74 Å². The van der Waals surface area contributed by atoms with Gasteiger partial charge in [-0.2, -0.15) is 8.78 Å². The number of alkyl halides is 2. The molecule has 0 unspecified atom stereocenters. The first-order valence-corrected chi connectivity index (χ1v) is 1.46. The third-order valence-corrected chi connectivity index (χ3v) is 0.244. The van der Waals surface area contributed by atoms with E-state index in [1.165, 1.54) is 0 Å². The van der Waals surface area contributed by atoms with Gasteiger partial charge in [0.1, 0.15) is 0 Å². The molecule has 0 aromatic rings. The van der Waals surface area contributed by atoms with E-state index in [4.69, 9.17) is 0 Å². The van der Waals surface area contributed by atoms with Gasteiger partial charge in [0.25, 0.3) is 0 Å². The van der Waals surface area contributed by atoms with E-state index in [1.807, 2.05) is 0 Å². The molecule has 6 heavy (non-hydrogen) atoms. The topological polar surface area (TPSA) is 9.23 Å². The van der Waals surface area contributed by atoms with Crippen LogP contribution in [0.25, 0.3) is 0 Å². The lowest BCUT2D eigenvalue weighted by molar-refractivity contribution is -0.119. The van der Waals surface area contributed by atoms with E-state index in [-0.39, 0.29) is 6.61 Å². The monoisotopic (exact) mass is 95.0 g/mol. The van der Waals surface area contributed by atoms with E-state index in [9.17, 15) is 8.78 Å². The zero-order valence-electron chi connectivity index (χ0n) is 3.16. The molecule has 3 heteroatoms. The van der Waals surface area contributed by atoms with Gasteiger partial charge in [-0.15, -0.1) is 0 Å². The average molecular weight is 95.1 g/mol. The van der Waals surface area contributed by atoms with Crippen LogP contribution in [0.3, 0.4) is 0 Å². The Morgan fingerprint density at radius 3 is 2.17 bits per heavy atom. The van der Waals surface area contributed by atoms with Crippen molar-refractivity contribution in [2.24, 2.45) is 0 Å². The molecule has 0 aliphatic heterocycles. The van der Waals surface area contributed by atoms with Crippen LogP contribution >= 0.6 is 0 Å². The molecular weight excluding hydrogens is 90.0 g/mol. The molecule has 0 amide bonds. The Morgan fingerprint density at radius 1 is 1.67 bits per heavy atom. The Bertz CT molecular complexity index is 30.0. The van der Waals surface area contributed by atoms with E-state index in [0.29, 0.717) is 0 Å². The van der Waals surface area contributed by atoms with E-state index in [1.54, 1.807) is 0 Å². The van der Waals surface area contributed by atoms with Crippen LogP contribution in [0.5, 0.6) is 0 Å². The zero-order chi connectivity index (χ0) is 4.99. The number of ether oxygens (including phenoxy) is 1. The van der Waals surface area contributed by atoms with Crippen LogP contribution in [0.1, 0.15) is 0 Å². The van der Waals surface area contributed by atoms with E-state index in [0.717, 1.165) is 0 Å². The molecule has 0 heterocycles. The molecule has 0 fully saturated rings. The fourth-order valence-electron chi connectivity index (χ4n) is 0.0891. The normalized spacial score (nSPS) is 10.0. The summed E-state index contributed by atoms with van der Waals surface area (Å²) in [6.45, 7) is 0.190. The van der Waals surface area contributed by atoms with Gasteiger partial charge in [-0.1, -0.05) is 0 Å². The van der Waals surface area contributed by atoms with Crippen LogP contribution in [-0.2, 0) is 4.74 Å². The predicted octanol–water partition coefficient (Wildman–Crippen LogP) is 1.06. The Morgan fingerprint density at radius 2 is 2.17 bits per heavy atom. The lowest BCUT2D eigenvalue weighted by atomic mass is 10.9. The number of hydrogen-bond acceptors (Lipinski definition) is 1. The van der Waals surface area contributed by atoms with E-state index >= 15 is 0 Å². The molecule has 0 aromatic heterocycles. The van der Waals surface area contributed by atoms with Gasteiger partial charge in [0.15, 0.2) is 0 Å². The van der Waals surface area contributed by atoms with Crippen molar-refractivity contribution in [1.29, 1.82) is 0 Å². The first-order chi connectivity index (χ1) is 2.77. The molecule has 0 spiro atoms. The minimum absolute atomic E-state index is 0.169.